The maximum Gasteiger partial charge on any atom is 0.261 e. The van der Waals surface area contributed by atoms with Crippen LogP contribution in [0.4, 0.5) is 0 Å². The molecule has 2 aromatic carbocycles. The summed E-state index contributed by atoms with van der Waals surface area (Å²) in [6, 6.07) is 21.6. The molecule has 0 aliphatic carbocycles. The molecule has 0 radical (unpaired) electrons. The molecule has 4 heteroatoms. The van der Waals surface area contributed by atoms with Gasteiger partial charge in [0.2, 0.25) is 0 Å². The monoisotopic (exact) mass is 424 g/mol. The molecule has 1 aliphatic rings. The predicted molar refractivity (Wildman–Crippen MR) is 127 cm³/mol. The molecule has 0 spiro atoms. The van der Waals surface area contributed by atoms with Crippen molar-refractivity contribution in [1.29, 1.82) is 0 Å². The van der Waals surface area contributed by atoms with E-state index in [1.54, 1.807) is 0 Å². The third-order valence-electron chi connectivity index (χ3n) is 5.82. The minimum absolute atomic E-state index is 0.00424. The van der Waals surface area contributed by atoms with Crippen molar-refractivity contribution in [3.05, 3.63) is 72.8 Å². The second kappa shape index (κ2) is 9.61. The van der Waals surface area contributed by atoms with E-state index in [4.69, 9.17) is 13.9 Å². The minimum atomic E-state index is -2.47. The third kappa shape index (κ3) is 5.12. The van der Waals surface area contributed by atoms with Crippen molar-refractivity contribution in [2.75, 3.05) is 19.8 Å². The van der Waals surface area contributed by atoms with Gasteiger partial charge in [-0.05, 0) is 40.8 Å². The van der Waals surface area contributed by atoms with Crippen molar-refractivity contribution < 1.29 is 13.9 Å². The maximum absolute atomic E-state index is 7.02. The van der Waals surface area contributed by atoms with Crippen molar-refractivity contribution >= 4 is 18.7 Å². The number of ether oxygens (including phenoxy) is 2. The van der Waals surface area contributed by atoms with E-state index in [1.807, 2.05) is 13.0 Å². The molecule has 0 unspecified atom stereocenters. The van der Waals surface area contributed by atoms with Gasteiger partial charge in [0.05, 0.1) is 13.2 Å². The largest absolute Gasteiger partial charge is 0.407 e. The minimum Gasteiger partial charge on any atom is -0.407 e. The molecule has 1 heterocycles. The fourth-order valence-corrected chi connectivity index (χ4v) is 8.93. The summed E-state index contributed by atoms with van der Waals surface area (Å²) in [5.74, 6) is -0.175. The molecule has 1 fully saturated rings. The number of hydrogen-bond donors (Lipinski definition) is 0. The zero-order valence-corrected chi connectivity index (χ0v) is 20.1. The Labute approximate surface area is 183 Å². The Balaban J connectivity index is 1.82. The molecule has 3 nitrogen and oxygen atoms in total. The smallest absolute Gasteiger partial charge is 0.261 e. The van der Waals surface area contributed by atoms with Gasteiger partial charge in [-0.15, -0.1) is 0 Å². The van der Waals surface area contributed by atoms with Crippen LogP contribution < -0.4 is 10.4 Å². The molecule has 0 N–H and O–H groups in total. The van der Waals surface area contributed by atoms with Crippen LogP contribution in [0.5, 0.6) is 0 Å². The Kier molecular flexibility index (Phi) is 7.35. The molecule has 1 saturated heterocycles. The van der Waals surface area contributed by atoms with Gasteiger partial charge in [-0.1, -0.05) is 94.4 Å². The molecule has 1 atom stereocenters. The normalized spacial score (nSPS) is 18.0. The number of allylic oxidation sites excluding steroid dienone is 1. The van der Waals surface area contributed by atoms with E-state index >= 15 is 0 Å². The van der Waals surface area contributed by atoms with Gasteiger partial charge in [0, 0.05) is 6.61 Å². The molecule has 2 aromatic rings. The summed E-state index contributed by atoms with van der Waals surface area (Å²) in [6.45, 7) is 13.2. The molecular weight excluding hydrogens is 388 g/mol. The Morgan fingerprint density at radius 1 is 0.967 bits per heavy atom. The zero-order valence-electron chi connectivity index (χ0n) is 19.1. The average Bonchev–Trinajstić information content (AvgIpc) is 3.15. The number of hydrogen-bond acceptors (Lipinski definition) is 3. The van der Waals surface area contributed by atoms with Crippen LogP contribution in [-0.2, 0) is 13.9 Å². The Bertz CT molecular complexity index is 766. The number of benzene rings is 2. The van der Waals surface area contributed by atoms with Crippen molar-refractivity contribution in [3.63, 3.8) is 0 Å². The third-order valence-corrected chi connectivity index (χ3v) is 10.8. The lowest BCUT2D eigenvalue weighted by Gasteiger charge is -2.43. The summed E-state index contributed by atoms with van der Waals surface area (Å²) in [7, 11) is -2.47. The standard InChI is InChI=1S/C26H36O3Si/c1-22(13-12-18-26(5)27-19-20-28-26)21-29-30(25(2,3)4,23-14-8-6-9-15-23)24-16-10-7-11-17-24/h6-12,14-18,22H,13,19-21H2,1-5H3/b18-12+/t22-/m1/s1. The highest BCUT2D eigenvalue weighted by Crippen LogP contribution is 2.37. The van der Waals surface area contributed by atoms with Crippen LogP contribution in [0, 0.1) is 5.92 Å². The van der Waals surface area contributed by atoms with Gasteiger partial charge in [0.1, 0.15) is 0 Å². The topological polar surface area (TPSA) is 27.7 Å². The van der Waals surface area contributed by atoms with E-state index in [-0.39, 0.29) is 5.04 Å². The molecule has 162 valence electrons. The van der Waals surface area contributed by atoms with E-state index < -0.39 is 14.1 Å². The maximum atomic E-state index is 7.02. The fraction of sp³-hybridized carbons (Fsp3) is 0.462. The van der Waals surface area contributed by atoms with Crippen molar-refractivity contribution in [2.45, 2.75) is 51.9 Å². The summed E-state index contributed by atoms with van der Waals surface area (Å²) in [5.41, 5.74) is 0. The molecule has 30 heavy (non-hydrogen) atoms. The Hall–Kier alpha value is -1.72. The van der Waals surface area contributed by atoms with Crippen molar-refractivity contribution in [3.8, 4) is 0 Å². The van der Waals surface area contributed by atoms with E-state index in [2.05, 4.69) is 94.4 Å². The molecule has 0 saturated carbocycles. The lowest BCUT2D eigenvalue weighted by atomic mass is 10.1. The van der Waals surface area contributed by atoms with Crippen molar-refractivity contribution in [2.24, 2.45) is 5.92 Å². The summed E-state index contributed by atoms with van der Waals surface area (Å²) in [5, 5.41) is 2.66. The lowest BCUT2D eigenvalue weighted by Crippen LogP contribution is -2.66. The SMILES string of the molecule is C[C@H](C/C=C/C1(C)OCCO1)CO[Si](c1ccccc1)(c1ccccc1)C(C)(C)C. The van der Waals surface area contributed by atoms with Gasteiger partial charge in [-0.2, -0.15) is 0 Å². The number of rotatable bonds is 8. The van der Waals surface area contributed by atoms with Gasteiger partial charge in [0.25, 0.3) is 8.32 Å². The highest BCUT2D eigenvalue weighted by Gasteiger charge is 2.50. The first-order chi connectivity index (χ1) is 14.3. The lowest BCUT2D eigenvalue weighted by molar-refractivity contribution is -0.0998. The Morgan fingerprint density at radius 2 is 1.47 bits per heavy atom. The van der Waals surface area contributed by atoms with Crippen LogP contribution in [-0.4, -0.2) is 33.9 Å². The Morgan fingerprint density at radius 3 is 1.93 bits per heavy atom. The van der Waals surface area contributed by atoms with Gasteiger partial charge < -0.3 is 13.9 Å². The predicted octanol–water partition coefficient (Wildman–Crippen LogP) is 4.91. The first kappa shape index (κ1) is 23.0. The highest BCUT2D eigenvalue weighted by atomic mass is 28.4. The van der Waals surface area contributed by atoms with Crippen LogP contribution >= 0.6 is 0 Å². The van der Waals surface area contributed by atoms with Crippen LogP contribution in [0.3, 0.4) is 0 Å². The fourth-order valence-electron chi connectivity index (χ4n) is 4.24. The first-order valence-corrected chi connectivity index (χ1v) is 12.9. The van der Waals surface area contributed by atoms with E-state index in [0.717, 1.165) is 13.0 Å². The van der Waals surface area contributed by atoms with E-state index in [1.165, 1.54) is 10.4 Å². The summed E-state index contributed by atoms with van der Waals surface area (Å²) in [6.07, 6.45) is 5.14. The van der Waals surface area contributed by atoms with Gasteiger partial charge in [0.15, 0.2) is 5.79 Å². The summed E-state index contributed by atoms with van der Waals surface area (Å²) >= 11 is 0. The first-order valence-electron chi connectivity index (χ1n) is 11.0. The quantitative estimate of drug-likeness (QED) is 0.445. The molecular formula is C26H36O3Si. The second-order valence-electron chi connectivity index (χ2n) is 9.43. The van der Waals surface area contributed by atoms with Crippen LogP contribution in [0.2, 0.25) is 5.04 Å². The summed E-state index contributed by atoms with van der Waals surface area (Å²) < 4.78 is 18.3. The molecule has 1 aliphatic heterocycles. The second-order valence-corrected chi connectivity index (χ2v) is 13.7. The van der Waals surface area contributed by atoms with Gasteiger partial charge in [-0.25, -0.2) is 0 Å². The average molecular weight is 425 g/mol. The molecule has 3 rings (SSSR count). The zero-order chi connectivity index (χ0) is 21.7. The van der Waals surface area contributed by atoms with Crippen LogP contribution in [0.15, 0.2) is 72.8 Å². The summed E-state index contributed by atoms with van der Waals surface area (Å²) in [4.78, 5) is 0. The van der Waals surface area contributed by atoms with E-state index in [0.29, 0.717) is 19.1 Å². The van der Waals surface area contributed by atoms with Crippen molar-refractivity contribution in [1.82, 2.24) is 0 Å². The van der Waals surface area contributed by atoms with E-state index in [9.17, 15) is 0 Å². The molecule has 0 bridgehead atoms. The van der Waals surface area contributed by atoms with Gasteiger partial charge >= 0.3 is 0 Å². The van der Waals surface area contributed by atoms with Crippen LogP contribution in [0.25, 0.3) is 0 Å². The molecule has 0 aromatic heterocycles. The molecule has 0 amide bonds. The van der Waals surface area contributed by atoms with Crippen LogP contribution in [0.1, 0.15) is 41.0 Å². The van der Waals surface area contributed by atoms with Gasteiger partial charge in [-0.3, -0.25) is 0 Å². The highest BCUT2D eigenvalue weighted by molar-refractivity contribution is 6.99.